The first-order valence-corrected chi connectivity index (χ1v) is 11.6. The van der Waals surface area contributed by atoms with E-state index in [1.54, 1.807) is 24.3 Å². The second-order valence-corrected chi connectivity index (χ2v) is 9.49. The van der Waals surface area contributed by atoms with E-state index in [0.717, 1.165) is 37.5 Å². The number of halogens is 1. The highest BCUT2D eigenvalue weighted by atomic mass is 35.5. The minimum absolute atomic E-state index is 0.0375. The maximum absolute atomic E-state index is 13.1. The number of pyridine rings is 1. The summed E-state index contributed by atoms with van der Waals surface area (Å²) in [6.45, 7) is 0. The van der Waals surface area contributed by atoms with Crippen LogP contribution in [0.25, 0.3) is 22.0 Å². The Balaban J connectivity index is 2.12. The van der Waals surface area contributed by atoms with E-state index in [1.807, 2.05) is 10.6 Å². The van der Waals surface area contributed by atoms with Crippen molar-refractivity contribution in [2.24, 2.45) is 0 Å². The molecule has 0 aliphatic heterocycles. The van der Waals surface area contributed by atoms with E-state index in [4.69, 9.17) is 11.6 Å². The molecule has 0 spiro atoms. The molecule has 1 saturated carbocycles. The van der Waals surface area contributed by atoms with Gasteiger partial charge in [-0.1, -0.05) is 24.4 Å². The zero-order chi connectivity index (χ0) is 20.8. The molecule has 0 saturated heterocycles. The first-order chi connectivity index (χ1) is 13.8. The Kier molecular flexibility index (Phi) is 5.00. The van der Waals surface area contributed by atoms with Crippen LogP contribution in [0, 0.1) is 0 Å². The molecule has 0 radical (unpaired) electrons. The average molecular weight is 434 g/mol. The van der Waals surface area contributed by atoms with Gasteiger partial charge >= 0.3 is 0 Å². The lowest BCUT2D eigenvalue weighted by atomic mass is 10.0. The van der Waals surface area contributed by atoms with E-state index in [1.165, 1.54) is 6.20 Å². The number of carbonyl (C=O) groups excluding carboxylic acids is 1. The van der Waals surface area contributed by atoms with Crippen LogP contribution >= 0.6 is 11.6 Å². The maximum atomic E-state index is 13.1. The van der Waals surface area contributed by atoms with Crippen LogP contribution in [0.1, 0.15) is 42.2 Å². The Morgan fingerprint density at radius 2 is 1.97 bits per heavy atom. The number of aromatic amines is 1. The number of nitrogens with one attached hydrogen (secondary N) is 2. The second kappa shape index (κ2) is 7.35. The number of rotatable bonds is 4. The molecule has 1 aliphatic carbocycles. The van der Waals surface area contributed by atoms with E-state index >= 15 is 0 Å². The van der Waals surface area contributed by atoms with Crippen molar-refractivity contribution in [3.05, 3.63) is 57.6 Å². The molecule has 1 fully saturated rings. The lowest BCUT2D eigenvalue weighted by Gasteiger charge is -2.18. The molecule has 1 aromatic carbocycles. The molecule has 3 aromatic rings. The molecule has 0 bridgehead atoms. The summed E-state index contributed by atoms with van der Waals surface area (Å²) in [4.78, 5) is 28.4. The van der Waals surface area contributed by atoms with Gasteiger partial charge in [0, 0.05) is 39.3 Å². The van der Waals surface area contributed by atoms with Gasteiger partial charge in [-0.3, -0.25) is 9.59 Å². The third-order valence-electron chi connectivity index (χ3n) is 5.24. The minimum Gasteiger partial charge on any atom is -0.333 e. The SMILES string of the molecule is CS(=O)(=O)NC(=O)c1c(-c2ccc[nH]c2=O)c2cc(Cl)ccc2n1C1CCCC1. The summed E-state index contributed by atoms with van der Waals surface area (Å²) < 4.78 is 27.6. The van der Waals surface area contributed by atoms with E-state index in [9.17, 15) is 18.0 Å². The van der Waals surface area contributed by atoms with Gasteiger partial charge in [0.25, 0.3) is 11.5 Å². The standard InChI is InChI=1S/C20H20ClN3O4S/c1-29(27,28)23-20(26)18-17(14-7-4-10-22-19(14)25)15-11-12(21)8-9-16(15)24(18)13-5-2-3-6-13/h4,7-11,13H,2-3,5-6H2,1H3,(H,22,25)(H,23,26). The molecule has 0 unspecified atom stereocenters. The van der Waals surface area contributed by atoms with E-state index in [2.05, 4.69) is 9.71 Å². The molecule has 2 N–H and O–H groups in total. The van der Waals surface area contributed by atoms with Crippen molar-refractivity contribution in [3.8, 4) is 11.1 Å². The summed E-state index contributed by atoms with van der Waals surface area (Å²) in [6, 6.07) is 8.57. The zero-order valence-corrected chi connectivity index (χ0v) is 17.3. The number of carbonyl (C=O) groups is 1. The molecule has 7 nitrogen and oxygen atoms in total. The molecule has 29 heavy (non-hydrogen) atoms. The van der Waals surface area contributed by atoms with Gasteiger partial charge in [0.05, 0.1) is 6.26 Å². The smallest absolute Gasteiger partial charge is 0.282 e. The van der Waals surface area contributed by atoms with Crippen molar-refractivity contribution in [1.29, 1.82) is 0 Å². The van der Waals surface area contributed by atoms with Crippen molar-refractivity contribution in [2.45, 2.75) is 31.7 Å². The molecule has 152 valence electrons. The molecule has 1 aliphatic rings. The summed E-state index contributed by atoms with van der Waals surface area (Å²) >= 11 is 6.23. The number of nitrogens with zero attached hydrogens (tertiary/aromatic N) is 1. The largest absolute Gasteiger partial charge is 0.333 e. The first-order valence-electron chi connectivity index (χ1n) is 9.30. The Hall–Kier alpha value is -2.58. The number of H-pyrrole nitrogens is 1. The quantitative estimate of drug-likeness (QED) is 0.657. The third kappa shape index (κ3) is 3.70. The fourth-order valence-electron chi connectivity index (χ4n) is 4.16. The predicted molar refractivity (Wildman–Crippen MR) is 113 cm³/mol. The van der Waals surface area contributed by atoms with Crippen LogP contribution in [0.2, 0.25) is 5.02 Å². The number of benzene rings is 1. The summed E-state index contributed by atoms with van der Waals surface area (Å²) in [5.41, 5.74) is 1.22. The fourth-order valence-corrected chi connectivity index (χ4v) is 4.77. The Bertz CT molecular complexity index is 1270. The summed E-state index contributed by atoms with van der Waals surface area (Å²) in [5, 5.41) is 1.10. The minimum atomic E-state index is -3.79. The lowest BCUT2D eigenvalue weighted by molar-refractivity contribution is 0.0972. The first kappa shape index (κ1) is 19.7. The molecular weight excluding hydrogens is 414 g/mol. The van der Waals surface area contributed by atoms with Gasteiger partial charge in [-0.05, 0) is 43.2 Å². The van der Waals surface area contributed by atoms with Crippen molar-refractivity contribution >= 4 is 38.4 Å². The monoisotopic (exact) mass is 433 g/mol. The van der Waals surface area contributed by atoms with Crippen molar-refractivity contribution in [3.63, 3.8) is 0 Å². The Morgan fingerprint density at radius 1 is 1.24 bits per heavy atom. The number of hydrogen-bond acceptors (Lipinski definition) is 4. The van der Waals surface area contributed by atoms with Crippen LogP contribution in [0.4, 0.5) is 0 Å². The van der Waals surface area contributed by atoms with Gasteiger partial charge in [0.1, 0.15) is 5.69 Å². The van der Waals surface area contributed by atoms with Gasteiger partial charge in [-0.25, -0.2) is 13.1 Å². The Morgan fingerprint density at radius 3 is 2.62 bits per heavy atom. The number of sulfonamides is 1. The van der Waals surface area contributed by atoms with E-state index < -0.39 is 15.9 Å². The average Bonchev–Trinajstić information content (AvgIpc) is 3.26. The van der Waals surface area contributed by atoms with Gasteiger partial charge in [0.15, 0.2) is 0 Å². The molecule has 2 heterocycles. The van der Waals surface area contributed by atoms with E-state index in [0.29, 0.717) is 16.0 Å². The van der Waals surface area contributed by atoms with Crippen LogP contribution in [0.15, 0.2) is 41.3 Å². The van der Waals surface area contributed by atoms with Crippen molar-refractivity contribution in [2.75, 3.05) is 6.26 Å². The predicted octanol–water partition coefficient (Wildman–Crippen LogP) is 3.45. The zero-order valence-electron chi connectivity index (χ0n) is 15.7. The molecule has 2 aromatic heterocycles. The summed E-state index contributed by atoms with van der Waals surface area (Å²) in [6.07, 6.45) is 6.22. The van der Waals surface area contributed by atoms with Crippen molar-refractivity contribution < 1.29 is 13.2 Å². The van der Waals surface area contributed by atoms with Gasteiger partial charge in [0.2, 0.25) is 10.0 Å². The number of aromatic nitrogens is 2. The van der Waals surface area contributed by atoms with E-state index in [-0.39, 0.29) is 22.9 Å². The maximum Gasteiger partial charge on any atom is 0.282 e. The number of amides is 1. The normalized spacial score (nSPS) is 15.1. The number of hydrogen-bond donors (Lipinski definition) is 2. The molecule has 1 amide bonds. The van der Waals surface area contributed by atoms with Crippen LogP contribution in [0.5, 0.6) is 0 Å². The van der Waals surface area contributed by atoms with Crippen LogP contribution in [-0.2, 0) is 10.0 Å². The van der Waals surface area contributed by atoms with Gasteiger partial charge < -0.3 is 9.55 Å². The highest BCUT2D eigenvalue weighted by molar-refractivity contribution is 7.89. The van der Waals surface area contributed by atoms with Crippen molar-refractivity contribution in [1.82, 2.24) is 14.3 Å². The van der Waals surface area contributed by atoms with Gasteiger partial charge in [-0.2, -0.15) is 0 Å². The summed E-state index contributed by atoms with van der Waals surface area (Å²) in [5.74, 6) is -0.759. The highest BCUT2D eigenvalue weighted by Gasteiger charge is 2.31. The molecule has 9 heteroatoms. The van der Waals surface area contributed by atoms with Crippen LogP contribution in [0.3, 0.4) is 0 Å². The highest BCUT2D eigenvalue weighted by Crippen LogP contribution is 2.41. The third-order valence-corrected chi connectivity index (χ3v) is 6.03. The second-order valence-electron chi connectivity index (χ2n) is 7.31. The number of fused-ring (bicyclic) bond motifs is 1. The summed E-state index contributed by atoms with van der Waals surface area (Å²) in [7, 11) is -3.79. The molecular formula is C20H20ClN3O4S. The lowest BCUT2D eigenvalue weighted by Crippen LogP contribution is -2.32. The topological polar surface area (TPSA) is 101 Å². The fraction of sp³-hybridized carbons (Fsp3) is 0.300. The Labute approximate surface area is 172 Å². The molecule has 4 rings (SSSR count). The van der Waals surface area contributed by atoms with Crippen LogP contribution in [-0.4, -0.2) is 30.1 Å². The molecule has 0 atom stereocenters. The van der Waals surface area contributed by atoms with Crippen LogP contribution < -0.4 is 10.3 Å². The van der Waals surface area contributed by atoms with Gasteiger partial charge in [-0.15, -0.1) is 0 Å².